The molecule has 21 heavy (non-hydrogen) atoms. The lowest BCUT2D eigenvalue weighted by Crippen LogP contribution is -1.81. The summed E-state index contributed by atoms with van der Waals surface area (Å²) >= 11 is 7.72. The summed E-state index contributed by atoms with van der Waals surface area (Å²) in [5.41, 5.74) is 4.06. The van der Waals surface area contributed by atoms with Gasteiger partial charge in [0.2, 0.25) is 0 Å². The summed E-state index contributed by atoms with van der Waals surface area (Å²) in [7, 11) is 0. The highest BCUT2D eigenvalue weighted by Crippen LogP contribution is 2.36. The molecule has 3 rings (SSSR count). The van der Waals surface area contributed by atoms with Crippen LogP contribution in [0, 0.1) is 6.92 Å². The van der Waals surface area contributed by atoms with Gasteiger partial charge in [0.25, 0.3) is 0 Å². The first kappa shape index (κ1) is 14.2. The Balaban J connectivity index is 1.90. The van der Waals surface area contributed by atoms with Crippen molar-refractivity contribution in [3.63, 3.8) is 0 Å². The standard InChI is InChI=1S/C19H15ClS/c1-14-6-8-16(9-7-14)19(13-20)21-18-11-10-15-4-2-3-5-17(15)12-18/h2-13H,1H3/b19-13+. The first-order chi connectivity index (χ1) is 10.3. The van der Waals surface area contributed by atoms with E-state index < -0.39 is 0 Å². The van der Waals surface area contributed by atoms with Gasteiger partial charge in [-0.15, -0.1) is 0 Å². The van der Waals surface area contributed by atoms with Crippen LogP contribution in [0.3, 0.4) is 0 Å². The van der Waals surface area contributed by atoms with E-state index in [2.05, 4.69) is 73.7 Å². The second-order valence-electron chi connectivity index (χ2n) is 4.95. The number of fused-ring (bicyclic) bond motifs is 1. The van der Waals surface area contributed by atoms with Crippen LogP contribution in [-0.4, -0.2) is 0 Å². The average Bonchev–Trinajstić information content (AvgIpc) is 2.53. The van der Waals surface area contributed by atoms with E-state index in [4.69, 9.17) is 11.6 Å². The van der Waals surface area contributed by atoms with Gasteiger partial charge < -0.3 is 0 Å². The third-order valence-corrected chi connectivity index (χ3v) is 4.79. The Morgan fingerprint density at radius 3 is 2.33 bits per heavy atom. The molecule has 0 nitrogen and oxygen atoms in total. The lowest BCUT2D eigenvalue weighted by molar-refractivity contribution is 1.46. The molecule has 0 fully saturated rings. The topological polar surface area (TPSA) is 0 Å². The van der Waals surface area contributed by atoms with E-state index in [0.717, 1.165) is 10.5 Å². The fourth-order valence-corrected chi connectivity index (χ4v) is 3.35. The summed E-state index contributed by atoms with van der Waals surface area (Å²) in [6.07, 6.45) is 0. The highest BCUT2D eigenvalue weighted by atomic mass is 35.5. The van der Waals surface area contributed by atoms with Crippen LogP contribution in [-0.2, 0) is 0 Å². The molecule has 0 N–H and O–H groups in total. The molecule has 0 saturated heterocycles. The molecule has 0 aromatic heterocycles. The van der Waals surface area contributed by atoms with Crippen LogP contribution in [0.15, 0.2) is 77.2 Å². The number of hydrogen-bond donors (Lipinski definition) is 0. The Bertz CT molecular complexity index is 788. The monoisotopic (exact) mass is 310 g/mol. The molecule has 0 bridgehead atoms. The Hall–Kier alpha value is -1.70. The van der Waals surface area contributed by atoms with Gasteiger partial charge in [-0.2, -0.15) is 0 Å². The van der Waals surface area contributed by atoms with Crippen molar-refractivity contribution in [1.82, 2.24) is 0 Å². The zero-order valence-corrected chi connectivity index (χ0v) is 13.3. The van der Waals surface area contributed by atoms with Crippen LogP contribution < -0.4 is 0 Å². The Kier molecular flexibility index (Phi) is 4.33. The molecule has 0 heterocycles. The molecule has 3 aromatic rings. The third kappa shape index (κ3) is 3.31. The van der Waals surface area contributed by atoms with Crippen molar-refractivity contribution in [3.05, 3.63) is 83.4 Å². The van der Waals surface area contributed by atoms with E-state index in [1.54, 1.807) is 17.3 Å². The van der Waals surface area contributed by atoms with Crippen LogP contribution in [0.4, 0.5) is 0 Å². The van der Waals surface area contributed by atoms with Crippen molar-refractivity contribution in [2.75, 3.05) is 0 Å². The highest BCUT2D eigenvalue weighted by Gasteiger charge is 2.05. The van der Waals surface area contributed by atoms with E-state index in [9.17, 15) is 0 Å². The molecule has 3 aromatic carbocycles. The quantitative estimate of drug-likeness (QED) is 0.499. The molecule has 0 radical (unpaired) electrons. The Labute approximate surface area is 134 Å². The van der Waals surface area contributed by atoms with Gasteiger partial charge >= 0.3 is 0 Å². The fraction of sp³-hybridized carbons (Fsp3) is 0.0526. The summed E-state index contributed by atoms with van der Waals surface area (Å²) in [6, 6.07) is 23.3. The van der Waals surface area contributed by atoms with Gasteiger partial charge in [-0.25, -0.2) is 0 Å². The van der Waals surface area contributed by atoms with Crippen LogP contribution >= 0.6 is 23.4 Å². The minimum atomic E-state index is 1.06. The van der Waals surface area contributed by atoms with Crippen LogP contribution in [0.2, 0.25) is 0 Å². The summed E-state index contributed by atoms with van der Waals surface area (Å²) in [6.45, 7) is 2.09. The maximum absolute atomic E-state index is 6.03. The number of aryl methyl sites for hydroxylation is 1. The van der Waals surface area contributed by atoms with Crippen molar-refractivity contribution in [1.29, 1.82) is 0 Å². The summed E-state index contributed by atoms with van der Waals surface area (Å²) < 4.78 is 0. The molecule has 0 aliphatic carbocycles. The molecule has 0 amide bonds. The minimum Gasteiger partial charge on any atom is -0.0917 e. The second kappa shape index (κ2) is 6.38. The first-order valence-corrected chi connectivity index (χ1v) is 8.05. The van der Waals surface area contributed by atoms with Crippen LogP contribution in [0.1, 0.15) is 11.1 Å². The number of thioether (sulfide) groups is 1. The smallest absolute Gasteiger partial charge is 0.0307 e. The Morgan fingerprint density at radius 1 is 0.905 bits per heavy atom. The van der Waals surface area contributed by atoms with E-state index in [0.29, 0.717) is 0 Å². The second-order valence-corrected chi connectivity index (χ2v) is 6.28. The van der Waals surface area contributed by atoms with Crippen LogP contribution in [0.5, 0.6) is 0 Å². The zero-order chi connectivity index (χ0) is 14.7. The molecular weight excluding hydrogens is 296 g/mol. The summed E-state index contributed by atoms with van der Waals surface area (Å²) in [5, 5.41) is 2.51. The third-order valence-electron chi connectivity index (χ3n) is 3.38. The van der Waals surface area contributed by atoms with Crippen molar-refractivity contribution in [2.45, 2.75) is 11.8 Å². The van der Waals surface area contributed by atoms with E-state index >= 15 is 0 Å². The van der Waals surface area contributed by atoms with Gasteiger partial charge in [-0.3, -0.25) is 0 Å². The summed E-state index contributed by atoms with van der Waals surface area (Å²) in [4.78, 5) is 2.26. The average molecular weight is 311 g/mol. The SMILES string of the molecule is Cc1ccc(/C(=C\Cl)Sc2ccc3ccccc3c2)cc1. The van der Waals surface area contributed by atoms with Crippen molar-refractivity contribution < 1.29 is 0 Å². The molecule has 0 saturated carbocycles. The van der Waals surface area contributed by atoms with Gasteiger partial charge in [0.05, 0.1) is 0 Å². The highest BCUT2D eigenvalue weighted by molar-refractivity contribution is 8.08. The molecule has 0 unspecified atom stereocenters. The minimum absolute atomic E-state index is 1.06. The van der Waals surface area contributed by atoms with E-state index in [-0.39, 0.29) is 0 Å². The number of rotatable bonds is 3. The number of benzene rings is 3. The van der Waals surface area contributed by atoms with Gasteiger partial charge in [0, 0.05) is 15.3 Å². The number of hydrogen-bond acceptors (Lipinski definition) is 1. The summed E-state index contributed by atoms with van der Waals surface area (Å²) in [5.74, 6) is 0. The molecule has 0 aliphatic rings. The maximum atomic E-state index is 6.03. The van der Waals surface area contributed by atoms with Crippen molar-refractivity contribution >= 4 is 39.0 Å². The van der Waals surface area contributed by atoms with Gasteiger partial charge in [-0.05, 0) is 35.4 Å². The number of halogens is 1. The van der Waals surface area contributed by atoms with Crippen molar-refractivity contribution in [2.24, 2.45) is 0 Å². The van der Waals surface area contributed by atoms with E-state index in [1.807, 2.05) is 0 Å². The van der Waals surface area contributed by atoms with Gasteiger partial charge in [0.1, 0.15) is 0 Å². The van der Waals surface area contributed by atoms with E-state index in [1.165, 1.54) is 21.2 Å². The molecule has 0 atom stereocenters. The first-order valence-electron chi connectivity index (χ1n) is 6.80. The lowest BCUT2D eigenvalue weighted by Gasteiger charge is -2.08. The molecular formula is C19H15ClS. The Morgan fingerprint density at radius 2 is 1.62 bits per heavy atom. The van der Waals surface area contributed by atoms with Crippen LogP contribution in [0.25, 0.3) is 15.7 Å². The van der Waals surface area contributed by atoms with Gasteiger partial charge in [0.15, 0.2) is 0 Å². The molecule has 104 valence electrons. The predicted octanol–water partition coefficient (Wildman–Crippen LogP) is 6.48. The largest absolute Gasteiger partial charge is 0.0917 e. The maximum Gasteiger partial charge on any atom is 0.0307 e. The van der Waals surface area contributed by atoms with Gasteiger partial charge in [-0.1, -0.05) is 83.5 Å². The molecule has 0 aliphatic heterocycles. The normalized spacial score (nSPS) is 11.8. The molecule has 0 spiro atoms. The lowest BCUT2D eigenvalue weighted by atomic mass is 10.1. The molecule has 2 heteroatoms. The van der Waals surface area contributed by atoms with Crippen molar-refractivity contribution in [3.8, 4) is 0 Å². The fourth-order valence-electron chi connectivity index (χ4n) is 2.22. The predicted molar refractivity (Wildman–Crippen MR) is 94.8 cm³/mol. The zero-order valence-electron chi connectivity index (χ0n) is 11.7.